The molecular weight excluding hydrogens is 462 g/mol. The Hall–Kier alpha value is -3.83. The first-order valence-corrected chi connectivity index (χ1v) is 11.6. The van der Waals surface area contributed by atoms with E-state index in [-0.39, 0.29) is 33.8 Å². The van der Waals surface area contributed by atoms with Gasteiger partial charge in [0.1, 0.15) is 0 Å². The highest BCUT2D eigenvalue weighted by Crippen LogP contribution is 2.24. The fourth-order valence-electron chi connectivity index (χ4n) is 3.18. The Morgan fingerprint density at radius 1 is 1.12 bits per heavy atom. The largest absolute Gasteiger partial charge is 0.449 e. The zero-order chi connectivity index (χ0) is 25.2. The van der Waals surface area contributed by atoms with Gasteiger partial charge in [-0.15, -0.1) is 6.58 Å². The first-order valence-electron chi connectivity index (χ1n) is 10.1. The Labute approximate surface area is 196 Å². The lowest BCUT2D eigenvalue weighted by Crippen LogP contribution is -2.30. The lowest BCUT2D eigenvalue weighted by atomic mass is 10.1. The fourth-order valence-corrected chi connectivity index (χ4v) is 4.13. The highest BCUT2D eigenvalue weighted by molar-refractivity contribution is 7.89. The van der Waals surface area contributed by atoms with Crippen LogP contribution in [0.1, 0.15) is 38.0 Å². The van der Waals surface area contributed by atoms with Crippen LogP contribution in [0.4, 0.5) is 5.69 Å². The van der Waals surface area contributed by atoms with Gasteiger partial charge in [0.2, 0.25) is 10.0 Å². The van der Waals surface area contributed by atoms with E-state index in [0.717, 1.165) is 9.21 Å². The van der Waals surface area contributed by atoms with Crippen LogP contribution in [-0.4, -0.2) is 68.1 Å². The third-order valence-corrected chi connectivity index (χ3v) is 6.86. The van der Waals surface area contributed by atoms with E-state index in [1.165, 1.54) is 69.6 Å². The summed E-state index contributed by atoms with van der Waals surface area (Å²) in [5, 5.41) is 2.51. The van der Waals surface area contributed by atoms with Crippen LogP contribution < -0.4 is 5.32 Å². The highest BCUT2D eigenvalue weighted by Gasteiger charge is 2.35. The summed E-state index contributed by atoms with van der Waals surface area (Å²) < 4.78 is 30.8. The number of sulfonamides is 1. The van der Waals surface area contributed by atoms with Crippen molar-refractivity contribution >= 4 is 39.4 Å². The molecule has 3 rings (SSSR count). The topological polar surface area (TPSA) is 130 Å². The average Bonchev–Trinajstić information content (AvgIpc) is 3.03. The van der Waals surface area contributed by atoms with Gasteiger partial charge in [-0.05, 0) is 43.3 Å². The maximum Gasteiger partial charge on any atom is 0.338 e. The Morgan fingerprint density at radius 2 is 1.79 bits per heavy atom. The van der Waals surface area contributed by atoms with Crippen LogP contribution in [-0.2, 0) is 19.6 Å². The number of amides is 3. The van der Waals surface area contributed by atoms with E-state index < -0.39 is 39.8 Å². The van der Waals surface area contributed by atoms with E-state index in [0.29, 0.717) is 0 Å². The number of nitrogens with zero attached hydrogens (tertiary/aromatic N) is 2. The number of nitrogens with one attached hydrogen (secondary N) is 1. The molecule has 1 heterocycles. The molecule has 3 amide bonds. The molecule has 0 fully saturated rings. The van der Waals surface area contributed by atoms with Gasteiger partial charge >= 0.3 is 5.97 Å². The number of rotatable bonds is 8. The number of benzene rings is 2. The van der Waals surface area contributed by atoms with Crippen LogP contribution in [0.15, 0.2) is 60.0 Å². The summed E-state index contributed by atoms with van der Waals surface area (Å²) in [4.78, 5) is 50.8. The van der Waals surface area contributed by atoms with Gasteiger partial charge in [0.15, 0.2) is 6.10 Å². The summed E-state index contributed by atoms with van der Waals surface area (Å²) in [5.41, 5.74) is 0.443. The van der Waals surface area contributed by atoms with Crippen LogP contribution in [0.3, 0.4) is 0 Å². The van der Waals surface area contributed by atoms with E-state index in [9.17, 15) is 27.6 Å². The monoisotopic (exact) mass is 485 g/mol. The Morgan fingerprint density at radius 3 is 2.44 bits per heavy atom. The summed E-state index contributed by atoms with van der Waals surface area (Å²) in [6.45, 7) is 4.91. The molecule has 0 spiro atoms. The number of carbonyl (C=O) groups excluding carboxylic acids is 4. The quantitative estimate of drug-likeness (QED) is 0.343. The molecule has 1 aliphatic heterocycles. The van der Waals surface area contributed by atoms with Crippen molar-refractivity contribution in [3.8, 4) is 0 Å². The van der Waals surface area contributed by atoms with Gasteiger partial charge in [0.05, 0.1) is 21.6 Å². The predicted molar refractivity (Wildman–Crippen MR) is 123 cm³/mol. The summed E-state index contributed by atoms with van der Waals surface area (Å²) in [6, 6.07) is 9.60. The number of esters is 1. The zero-order valence-corrected chi connectivity index (χ0v) is 19.6. The molecule has 1 aliphatic rings. The van der Waals surface area contributed by atoms with Crippen molar-refractivity contribution in [2.24, 2.45) is 0 Å². The summed E-state index contributed by atoms with van der Waals surface area (Å²) in [7, 11) is -0.915. The molecule has 0 unspecified atom stereocenters. The minimum Gasteiger partial charge on any atom is -0.449 e. The summed E-state index contributed by atoms with van der Waals surface area (Å²) >= 11 is 0. The second-order valence-electron chi connectivity index (χ2n) is 7.62. The number of hydrogen-bond acceptors (Lipinski definition) is 7. The predicted octanol–water partition coefficient (Wildman–Crippen LogP) is 1.90. The standard InChI is InChI=1S/C23H23N3O7S/c1-5-11-26-21(28)18-10-9-15(12-19(18)22(26)29)23(30)33-14(2)20(27)24-16-7-6-8-17(13-16)34(31,32)25(3)4/h5-10,12-14H,1,11H2,2-4H3,(H,24,27)/t14-/m1/s1. The number of ether oxygens (including phenoxy) is 1. The Kier molecular flexibility index (Phi) is 6.99. The van der Waals surface area contributed by atoms with E-state index >= 15 is 0 Å². The SMILES string of the molecule is C=CCN1C(=O)c2ccc(C(=O)O[C@H](C)C(=O)Nc3cccc(S(=O)(=O)N(C)C)c3)cc2C1=O. The summed E-state index contributed by atoms with van der Waals surface area (Å²) in [5.74, 6) is -2.58. The number of carbonyl (C=O) groups is 4. The molecule has 34 heavy (non-hydrogen) atoms. The Bertz CT molecular complexity index is 1300. The molecule has 2 aromatic carbocycles. The van der Waals surface area contributed by atoms with E-state index in [1.807, 2.05) is 0 Å². The first kappa shape index (κ1) is 24.8. The number of hydrogen-bond donors (Lipinski definition) is 1. The number of anilines is 1. The molecule has 11 heteroatoms. The van der Waals surface area contributed by atoms with E-state index in [1.54, 1.807) is 0 Å². The van der Waals surface area contributed by atoms with Crippen LogP contribution in [0, 0.1) is 0 Å². The minimum absolute atomic E-state index is 0.000855. The summed E-state index contributed by atoms with van der Waals surface area (Å²) in [6.07, 6.45) is 0.187. The Balaban J connectivity index is 1.70. The smallest absolute Gasteiger partial charge is 0.338 e. The van der Waals surface area contributed by atoms with Crippen molar-refractivity contribution in [1.29, 1.82) is 0 Å². The van der Waals surface area contributed by atoms with Crippen LogP contribution in [0.25, 0.3) is 0 Å². The van der Waals surface area contributed by atoms with Crippen LogP contribution in [0.5, 0.6) is 0 Å². The highest BCUT2D eigenvalue weighted by atomic mass is 32.2. The van der Waals surface area contributed by atoms with Crippen LogP contribution >= 0.6 is 0 Å². The van der Waals surface area contributed by atoms with Crippen LogP contribution in [0.2, 0.25) is 0 Å². The molecule has 0 saturated heterocycles. The maximum atomic E-state index is 12.6. The van der Waals surface area contributed by atoms with E-state index in [4.69, 9.17) is 4.74 Å². The fraction of sp³-hybridized carbons (Fsp3) is 0.217. The van der Waals surface area contributed by atoms with Gasteiger partial charge in [-0.3, -0.25) is 19.3 Å². The van der Waals surface area contributed by atoms with E-state index in [2.05, 4.69) is 11.9 Å². The molecule has 2 aromatic rings. The van der Waals surface area contributed by atoms with Crippen molar-refractivity contribution in [1.82, 2.24) is 9.21 Å². The molecule has 10 nitrogen and oxygen atoms in total. The first-order chi connectivity index (χ1) is 16.0. The average molecular weight is 486 g/mol. The van der Waals surface area contributed by atoms with Crippen molar-refractivity contribution in [2.45, 2.75) is 17.9 Å². The maximum absolute atomic E-state index is 12.6. The van der Waals surface area contributed by atoms with Crippen molar-refractivity contribution < 1.29 is 32.3 Å². The third-order valence-electron chi connectivity index (χ3n) is 5.05. The van der Waals surface area contributed by atoms with Gasteiger partial charge in [-0.2, -0.15) is 0 Å². The third kappa shape index (κ3) is 4.75. The molecule has 0 bridgehead atoms. The molecule has 0 aromatic heterocycles. The van der Waals surface area contributed by atoms with Crippen molar-refractivity contribution in [3.63, 3.8) is 0 Å². The minimum atomic E-state index is -3.70. The van der Waals surface area contributed by atoms with Gasteiger partial charge in [0.25, 0.3) is 17.7 Å². The number of fused-ring (bicyclic) bond motifs is 1. The molecule has 0 saturated carbocycles. The lowest BCUT2D eigenvalue weighted by Gasteiger charge is -2.15. The molecule has 1 atom stereocenters. The lowest BCUT2D eigenvalue weighted by molar-refractivity contribution is -0.123. The molecule has 178 valence electrons. The zero-order valence-electron chi connectivity index (χ0n) is 18.8. The van der Waals surface area contributed by atoms with Gasteiger partial charge in [-0.25, -0.2) is 17.5 Å². The normalized spacial score (nSPS) is 14.1. The van der Waals surface area contributed by atoms with Gasteiger partial charge in [-0.1, -0.05) is 12.1 Å². The van der Waals surface area contributed by atoms with Gasteiger partial charge in [0, 0.05) is 26.3 Å². The molecule has 1 N–H and O–H groups in total. The second-order valence-corrected chi connectivity index (χ2v) is 9.77. The molecule has 0 aliphatic carbocycles. The van der Waals surface area contributed by atoms with Gasteiger partial charge < -0.3 is 10.1 Å². The molecular formula is C23H23N3O7S. The molecule has 0 radical (unpaired) electrons. The van der Waals surface area contributed by atoms with Crippen molar-refractivity contribution in [3.05, 3.63) is 71.8 Å². The second kappa shape index (κ2) is 9.57. The van der Waals surface area contributed by atoms with Crippen molar-refractivity contribution in [2.75, 3.05) is 26.0 Å². The number of imide groups is 1.